The van der Waals surface area contributed by atoms with Crippen LogP contribution in [0.4, 0.5) is 0 Å². The lowest BCUT2D eigenvalue weighted by atomic mass is 10.1. The summed E-state index contributed by atoms with van der Waals surface area (Å²) in [5.74, 6) is 0.489. The fourth-order valence-electron chi connectivity index (χ4n) is 3.36. The van der Waals surface area contributed by atoms with Crippen molar-refractivity contribution in [2.45, 2.75) is 13.8 Å². The van der Waals surface area contributed by atoms with Gasteiger partial charge in [-0.25, -0.2) is 19.3 Å². The third-order valence-corrected chi connectivity index (χ3v) is 4.60. The number of aromatic amines is 1. The highest BCUT2D eigenvalue weighted by molar-refractivity contribution is 6.02. The molecule has 4 rings (SSSR count). The first kappa shape index (κ1) is 20.1. The molecule has 0 aliphatic carbocycles. The lowest BCUT2D eigenvalue weighted by Crippen LogP contribution is -2.16. The molecule has 2 aromatic carbocycles. The Hall–Kier alpha value is -4.14. The second-order valence-corrected chi connectivity index (χ2v) is 6.55. The second-order valence-electron chi connectivity index (χ2n) is 6.55. The number of carbonyl (C=O) groups excluding carboxylic acids is 1. The molecule has 0 spiro atoms. The van der Waals surface area contributed by atoms with Crippen molar-refractivity contribution in [2.24, 2.45) is 5.73 Å². The van der Waals surface area contributed by atoms with Crippen LogP contribution in [-0.2, 0) is 0 Å². The summed E-state index contributed by atoms with van der Waals surface area (Å²) in [6.45, 7) is 4.58. The quantitative estimate of drug-likeness (QED) is 0.474. The molecule has 0 aliphatic heterocycles. The third-order valence-electron chi connectivity index (χ3n) is 4.60. The minimum atomic E-state index is -0.783. The van der Waals surface area contributed by atoms with Gasteiger partial charge in [0, 0.05) is 0 Å². The summed E-state index contributed by atoms with van der Waals surface area (Å²) in [5.41, 5.74) is 6.43. The van der Waals surface area contributed by atoms with E-state index in [1.165, 1.54) is 4.57 Å². The van der Waals surface area contributed by atoms with E-state index in [4.69, 9.17) is 15.2 Å². The zero-order chi connectivity index (χ0) is 22.0. The molecule has 31 heavy (non-hydrogen) atoms. The number of amides is 1. The molecule has 1 amide bonds. The number of H-pyrrole nitrogens is 1. The van der Waals surface area contributed by atoms with Gasteiger partial charge in [0.25, 0.3) is 5.91 Å². The van der Waals surface area contributed by atoms with Crippen LogP contribution in [-0.4, -0.2) is 38.6 Å². The molecule has 2 heterocycles. The van der Waals surface area contributed by atoms with Crippen LogP contribution in [0.25, 0.3) is 28.2 Å². The van der Waals surface area contributed by atoms with E-state index >= 15 is 0 Å². The predicted molar refractivity (Wildman–Crippen MR) is 116 cm³/mol. The molecule has 0 atom stereocenters. The summed E-state index contributed by atoms with van der Waals surface area (Å²) in [4.78, 5) is 36.7. The van der Waals surface area contributed by atoms with E-state index in [-0.39, 0.29) is 22.7 Å². The van der Waals surface area contributed by atoms with E-state index < -0.39 is 11.6 Å². The normalized spacial score (nSPS) is 10.9. The number of nitrogens with zero attached hydrogens (tertiary/aromatic N) is 3. The van der Waals surface area contributed by atoms with E-state index in [0.717, 1.165) is 0 Å². The summed E-state index contributed by atoms with van der Waals surface area (Å²) in [5, 5.41) is 0. The highest BCUT2D eigenvalue weighted by Gasteiger charge is 2.22. The molecule has 0 saturated heterocycles. The Morgan fingerprint density at radius 3 is 2.35 bits per heavy atom. The minimum Gasteiger partial charge on any atom is -0.493 e. The molecular weight excluding hydrogens is 398 g/mol. The fourth-order valence-corrected chi connectivity index (χ4v) is 3.36. The predicted octanol–water partition coefficient (Wildman–Crippen LogP) is 2.67. The first-order chi connectivity index (χ1) is 15.0. The number of aromatic nitrogens is 4. The smallest absolute Gasteiger partial charge is 0.332 e. The summed E-state index contributed by atoms with van der Waals surface area (Å²) in [6, 6.07) is 14.3. The molecule has 9 heteroatoms. The number of benzene rings is 2. The average Bonchev–Trinajstić information content (AvgIpc) is 3.09. The topological polar surface area (TPSA) is 125 Å². The van der Waals surface area contributed by atoms with E-state index in [2.05, 4.69) is 15.0 Å². The lowest BCUT2D eigenvalue weighted by molar-refractivity contribution is 0.0997. The van der Waals surface area contributed by atoms with Crippen LogP contribution >= 0.6 is 0 Å². The summed E-state index contributed by atoms with van der Waals surface area (Å²) >= 11 is 0. The molecule has 0 radical (unpaired) electrons. The van der Waals surface area contributed by atoms with Crippen LogP contribution in [0.1, 0.15) is 24.3 Å². The van der Waals surface area contributed by atoms with E-state index in [1.54, 1.807) is 30.3 Å². The molecule has 0 unspecified atom stereocenters. The highest BCUT2D eigenvalue weighted by atomic mass is 16.5. The van der Waals surface area contributed by atoms with Gasteiger partial charge in [-0.1, -0.05) is 24.3 Å². The minimum absolute atomic E-state index is 0.0870. The Morgan fingerprint density at radius 2 is 1.65 bits per heavy atom. The number of nitrogens with one attached hydrogen (secondary N) is 1. The first-order valence-electron chi connectivity index (χ1n) is 9.82. The van der Waals surface area contributed by atoms with Gasteiger partial charge in [0.2, 0.25) is 0 Å². The maximum Gasteiger partial charge on any atom is 0.332 e. The van der Waals surface area contributed by atoms with E-state index in [0.29, 0.717) is 36.0 Å². The number of imidazole rings is 1. The maximum atomic E-state index is 12.9. The SMILES string of the molecule is CCOc1ccccc1-c1nc(C(N)=O)c2[nH]c(=O)n(-c3ccccc3OCC)c2n1. The van der Waals surface area contributed by atoms with Gasteiger partial charge in [0.15, 0.2) is 17.2 Å². The van der Waals surface area contributed by atoms with Gasteiger partial charge in [0.05, 0.1) is 24.5 Å². The Bertz CT molecular complexity index is 1330. The van der Waals surface area contributed by atoms with Crippen molar-refractivity contribution >= 4 is 17.1 Å². The molecule has 158 valence electrons. The largest absolute Gasteiger partial charge is 0.493 e. The molecule has 4 aromatic rings. The van der Waals surface area contributed by atoms with Crippen LogP contribution in [0, 0.1) is 0 Å². The van der Waals surface area contributed by atoms with Gasteiger partial charge in [-0.15, -0.1) is 0 Å². The second kappa shape index (κ2) is 8.31. The first-order valence-corrected chi connectivity index (χ1v) is 9.82. The molecule has 2 aromatic heterocycles. The van der Waals surface area contributed by atoms with Crippen LogP contribution in [0.3, 0.4) is 0 Å². The van der Waals surface area contributed by atoms with Gasteiger partial charge < -0.3 is 20.2 Å². The number of fused-ring (bicyclic) bond motifs is 1. The molecular formula is C22H21N5O4. The number of para-hydroxylation sites is 3. The highest BCUT2D eigenvalue weighted by Crippen LogP contribution is 2.30. The number of nitrogens with two attached hydrogens (primary N) is 1. The summed E-state index contributed by atoms with van der Waals surface area (Å²) in [6.07, 6.45) is 0. The standard InChI is InChI=1S/C22H21N5O4/c1-3-30-15-11-7-5-9-13(15)20-24-17(19(23)28)18-21(26-20)27(22(29)25-18)14-10-6-8-12-16(14)31-4-2/h5-12H,3-4H2,1-2H3,(H2,23,28)(H,25,29). The Labute approximate surface area is 177 Å². The summed E-state index contributed by atoms with van der Waals surface area (Å²) in [7, 11) is 0. The molecule has 0 aliphatic rings. The van der Waals surface area contributed by atoms with Crippen molar-refractivity contribution in [1.29, 1.82) is 0 Å². The van der Waals surface area contributed by atoms with Crippen molar-refractivity contribution < 1.29 is 14.3 Å². The number of hydrogen-bond acceptors (Lipinski definition) is 6. The van der Waals surface area contributed by atoms with Crippen molar-refractivity contribution in [3.05, 3.63) is 64.7 Å². The Balaban J connectivity index is 2.05. The number of hydrogen-bond donors (Lipinski definition) is 2. The number of rotatable bonds is 7. The van der Waals surface area contributed by atoms with Gasteiger partial charge in [-0.05, 0) is 38.1 Å². The van der Waals surface area contributed by atoms with Crippen molar-refractivity contribution in [1.82, 2.24) is 19.5 Å². The maximum absolute atomic E-state index is 12.9. The van der Waals surface area contributed by atoms with Gasteiger partial charge in [-0.2, -0.15) is 0 Å². The number of carbonyl (C=O) groups is 1. The van der Waals surface area contributed by atoms with Crippen LogP contribution in [0.15, 0.2) is 53.3 Å². The molecule has 0 bridgehead atoms. The summed E-state index contributed by atoms with van der Waals surface area (Å²) < 4.78 is 12.7. The monoisotopic (exact) mass is 419 g/mol. The van der Waals surface area contributed by atoms with Crippen LogP contribution in [0.5, 0.6) is 11.5 Å². The number of primary amides is 1. The van der Waals surface area contributed by atoms with Gasteiger partial charge in [-0.3, -0.25) is 4.79 Å². The number of ether oxygens (including phenoxy) is 2. The third kappa shape index (κ3) is 3.61. The van der Waals surface area contributed by atoms with Crippen LogP contribution in [0.2, 0.25) is 0 Å². The molecule has 9 nitrogen and oxygen atoms in total. The zero-order valence-corrected chi connectivity index (χ0v) is 17.1. The molecule has 3 N–H and O–H groups in total. The van der Waals surface area contributed by atoms with Crippen LogP contribution < -0.4 is 20.9 Å². The van der Waals surface area contributed by atoms with Gasteiger partial charge in [0.1, 0.15) is 17.0 Å². The molecule has 0 saturated carbocycles. The fraction of sp³-hybridized carbons (Fsp3) is 0.182. The van der Waals surface area contributed by atoms with Crippen molar-refractivity contribution in [2.75, 3.05) is 13.2 Å². The Kier molecular flexibility index (Phi) is 5.40. The van der Waals surface area contributed by atoms with E-state index in [1.807, 2.05) is 32.0 Å². The zero-order valence-electron chi connectivity index (χ0n) is 17.1. The lowest BCUT2D eigenvalue weighted by Gasteiger charge is -2.12. The van der Waals surface area contributed by atoms with Crippen molar-refractivity contribution in [3.8, 4) is 28.6 Å². The van der Waals surface area contributed by atoms with Crippen molar-refractivity contribution in [3.63, 3.8) is 0 Å². The Morgan fingerprint density at radius 1 is 1.00 bits per heavy atom. The van der Waals surface area contributed by atoms with E-state index in [9.17, 15) is 9.59 Å². The van der Waals surface area contributed by atoms with Gasteiger partial charge >= 0.3 is 5.69 Å². The molecule has 0 fully saturated rings. The average molecular weight is 419 g/mol.